The van der Waals surface area contributed by atoms with Gasteiger partial charge in [-0.1, -0.05) is 18.2 Å². The average molecular weight is 459 g/mol. The molecular weight excluding hydrogens is 438 g/mol. The molecule has 0 fully saturated rings. The van der Waals surface area contributed by atoms with Crippen LogP contribution in [0.15, 0.2) is 57.7 Å². The van der Waals surface area contributed by atoms with Gasteiger partial charge in [0.1, 0.15) is 28.3 Å². The molecule has 2 unspecified atom stereocenters. The molecule has 1 aliphatic rings. The zero-order chi connectivity index (χ0) is 24.0. The number of non-ortho nitro benzene ring substituents is 1. The highest BCUT2D eigenvalue weighted by Crippen LogP contribution is 2.45. The molecule has 9 nitrogen and oxygen atoms in total. The Morgan fingerprint density at radius 2 is 1.88 bits per heavy atom. The Kier molecular flexibility index (Phi) is 5.24. The van der Waals surface area contributed by atoms with Crippen LogP contribution < -0.4 is 10.2 Å². The predicted octanol–water partition coefficient (Wildman–Crippen LogP) is 4.18. The van der Waals surface area contributed by atoms with E-state index in [0.29, 0.717) is 35.9 Å². The van der Waals surface area contributed by atoms with Crippen molar-refractivity contribution >= 4 is 16.7 Å². The first kappa shape index (κ1) is 21.6. The number of fused-ring (bicyclic) bond motifs is 2. The third-order valence-electron chi connectivity index (χ3n) is 6.33. The molecule has 34 heavy (non-hydrogen) atoms. The van der Waals surface area contributed by atoms with Crippen LogP contribution in [0.2, 0.25) is 0 Å². The Morgan fingerprint density at radius 3 is 2.59 bits per heavy atom. The molecule has 5 rings (SSSR count). The summed E-state index contributed by atoms with van der Waals surface area (Å²) >= 11 is 0. The van der Waals surface area contributed by atoms with Crippen LogP contribution >= 0.6 is 0 Å². The highest BCUT2D eigenvalue weighted by molar-refractivity contribution is 5.82. The Hall–Kier alpha value is -4.27. The lowest BCUT2D eigenvalue weighted by atomic mass is 9.73. The summed E-state index contributed by atoms with van der Waals surface area (Å²) in [7, 11) is 1.55. The van der Waals surface area contributed by atoms with Crippen molar-refractivity contribution in [1.82, 2.24) is 9.97 Å². The molecule has 0 bridgehead atoms. The number of aromatic nitrogens is 2. The number of nitro groups is 1. The molecule has 2 aromatic heterocycles. The monoisotopic (exact) mass is 459 g/mol. The third kappa shape index (κ3) is 3.64. The number of benzene rings is 2. The first-order valence-electron chi connectivity index (χ1n) is 10.8. The normalized spacial score (nSPS) is 17.4. The number of rotatable bonds is 4. The maximum atomic E-state index is 12.9. The van der Waals surface area contributed by atoms with Crippen LogP contribution in [-0.4, -0.2) is 27.1 Å². The number of phenols is 1. The number of hydrogen-bond acceptors (Lipinski definition) is 8. The molecule has 2 heterocycles. The Balaban J connectivity index is 1.68. The van der Waals surface area contributed by atoms with E-state index < -0.39 is 4.92 Å². The van der Waals surface area contributed by atoms with Gasteiger partial charge in [-0.15, -0.1) is 0 Å². The van der Waals surface area contributed by atoms with E-state index in [1.807, 2.05) is 0 Å². The number of aryl methyl sites for hydroxylation is 1. The van der Waals surface area contributed by atoms with Crippen LogP contribution in [0.1, 0.15) is 40.2 Å². The van der Waals surface area contributed by atoms with Gasteiger partial charge in [-0.3, -0.25) is 14.9 Å². The van der Waals surface area contributed by atoms with Gasteiger partial charge in [-0.25, -0.2) is 4.98 Å². The lowest BCUT2D eigenvalue weighted by Gasteiger charge is -2.32. The summed E-state index contributed by atoms with van der Waals surface area (Å²) < 4.78 is 11.7. The maximum Gasteiger partial charge on any atom is 0.269 e. The molecule has 0 aliphatic heterocycles. The Bertz CT molecular complexity index is 1480. The maximum absolute atomic E-state index is 12.9. The molecule has 2 atom stereocenters. The predicted molar refractivity (Wildman–Crippen MR) is 123 cm³/mol. The number of nitrogens with zero attached hydrogens (tertiary/aromatic N) is 3. The number of hydrogen-bond donors (Lipinski definition) is 1. The molecule has 0 saturated carbocycles. The summed E-state index contributed by atoms with van der Waals surface area (Å²) in [6, 6.07) is 12.5. The fraction of sp³-hybridized carbons (Fsp3) is 0.240. The highest BCUT2D eigenvalue weighted by atomic mass is 16.6. The van der Waals surface area contributed by atoms with Crippen LogP contribution in [0.3, 0.4) is 0 Å². The van der Waals surface area contributed by atoms with Gasteiger partial charge in [-0.2, -0.15) is 4.98 Å². The van der Waals surface area contributed by atoms with Gasteiger partial charge < -0.3 is 14.3 Å². The van der Waals surface area contributed by atoms with Crippen molar-refractivity contribution in [2.75, 3.05) is 7.11 Å². The number of nitro benzene ring substituents is 1. The van der Waals surface area contributed by atoms with Crippen LogP contribution in [0, 0.1) is 17.0 Å². The standard InChI is InChI=1S/C25H21N3O6/c1-13-26-19-11-16(14-6-8-15(9-7-14)28(31)32)17(10-18(19)25(27-13)33-2)23-12-21(30)24-20(29)4-3-5-22(24)34-23/h3-9,12,16-17,29H,10-11H2,1-2H3. The van der Waals surface area contributed by atoms with E-state index >= 15 is 0 Å². The van der Waals surface area contributed by atoms with E-state index in [4.69, 9.17) is 9.15 Å². The molecule has 0 saturated heterocycles. The first-order valence-corrected chi connectivity index (χ1v) is 10.8. The van der Waals surface area contributed by atoms with Gasteiger partial charge in [0.2, 0.25) is 5.88 Å². The van der Waals surface area contributed by atoms with Crippen molar-refractivity contribution in [1.29, 1.82) is 0 Å². The highest BCUT2D eigenvalue weighted by Gasteiger charge is 2.36. The molecule has 2 aromatic carbocycles. The quantitative estimate of drug-likeness (QED) is 0.355. The second-order valence-corrected chi connectivity index (χ2v) is 8.34. The van der Waals surface area contributed by atoms with E-state index in [1.54, 1.807) is 38.3 Å². The fourth-order valence-corrected chi connectivity index (χ4v) is 4.77. The molecule has 1 N–H and O–H groups in total. The van der Waals surface area contributed by atoms with Crippen molar-refractivity contribution in [3.63, 3.8) is 0 Å². The Labute approximate surface area is 193 Å². The second kappa shape index (κ2) is 8.26. The number of phenolic OH excluding ortho intramolecular Hbond substituents is 1. The van der Waals surface area contributed by atoms with Gasteiger partial charge in [0, 0.05) is 29.7 Å². The van der Waals surface area contributed by atoms with Crippen molar-refractivity contribution in [3.05, 3.63) is 97.3 Å². The number of methoxy groups -OCH3 is 1. The largest absolute Gasteiger partial charge is 0.507 e. The summed E-state index contributed by atoms with van der Waals surface area (Å²) in [4.78, 5) is 32.6. The van der Waals surface area contributed by atoms with E-state index in [0.717, 1.165) is 16.8 Å². The van der Waals surface area contributed by atoms with Crippen molar-refractivity contribution in [2.24, 2.45) is 0 Å². The van der Waals surface area contributed by atoms with E-state index in [9.17, 15) is 20.0 Å². The van der Waals surface area contributed by atoms with Gasteiger partial charge >= 0.3 is 0 Å². The van der Waals surface area contributed by atoms with Crippen LogP contribution in [0.25, 0.3) is 11.0 Å². The molecule has 172 valence electrons. The SMILES string of the molecule is COc1nc(C)nc2c1CC(c1cc(=O)c3c(O)cccc3o1)C(c1ccc([N+](=O)[O-])cc1)C2. The van der Waals surface area contributed by atoms with Gasteiger partial charge in [0.25, 0.3) is 5.69 Å². The van der Waals surface area contributed by atoms with Crippen LogP contribution in [0.5, 0.6) is 11.6 Å². The minimum atomic E-state index is -0.437. The van der Waals surface area contributed by atoms with Crippen molar-refractivity contribution in [3.8, 4) is 11.6 Å². The molecule has 4 aromatic rings. The van der Waals surface area contributed by atoms with Gasteiger partial charge in [0.05, 0.1) is 17.7 Å². The second-order valence-electron chi connectivity index (χ2n) is 8.34. The summed E-state index contributed by atoms with van der Waals surface area (Å²) in [6.45, 7) is 1.80. The molecule has 1 aliphatic carbocycles. The first-order chi connectivity index (χ1) is 16.4. The number of aromatic hydroxyl groups is 1. The van der Waals surface area contributed by atoms with Crippen molar-refractivity contribution in [2.45, 2.75) is 31.6 Å². The van der Waals surface area contributed by atoms with E-state index in [2.05, 4.69) is 9.97 Å². The minimum absolute atomic E-state index is 0.00376. The zero-order valence-electron chi connectivity index (χ0n) is 18.5. The summed E-state index contributed by atoms with van der Waals surface area (Å²) in [5, 5.41) is 21.4. The van der Waals surface area contributed by atoms with Crippen molar-refractivity contribution < 1.29 is 19.2 Å². The molecule has 0 radical (unpaired) electrons. The number of ether oxygens (including phenoxy) is 1. The smallest absolute Gasteiger partial charge is 0.269 e. The fourth-order valence-electron chi connectivity index (χ4n) is 4.77. The van der Waals surface area contributed by atoms with Crippen LogP contribution in [0.4, 0.5) is 5.69 Å². The van der Waals surface area contributed by atoms with Gasteiger partial charge in [0.15, 0.2) is 5.43 Å². The molecule has 9 heteroatoms. The van der Waals surface area contributed by atoms with Crippen LogP contribution in [-0.2, 0) is 12.8 Å². The summed E-state index contributed by atoms with van der Waals surface area (Å²) in [6.07, 6.45) is 0.965. The Morgan fingerprint density at radius 1 is 1.12 bits per heavy atom. The minimum Gasteiger partial charge on any atom is -0.507 e. The summed E-state index contributed by atoms with van der Waals surface area (Å²) in [5.41, 5.74) is 2.51. The lowest BCUT2D eigenvalue weighted by molar-refractivity contribution is -0.384. The lowest BCUT2D eigenvalue weighted by Crippen LogP contribution is -2.25. The molecule has 0 spiro atoms. The zero-order valence-corrected chi connectivity index (χ0v) is 18.5. The van der Waals surface area contributed by atoms with E-state index in [1.165, 1.54) is 24.3 Å². The van der Waals surface area contributed by atoms with Gasteiger partial charge in [-0.05, 0) is 43.4 Å². The molecular formula is C25H21N3O6. The average Bonchev–Trinajstić information content (AvgIpc) is 2.82. The summed E-state index contributed by atoms with van der Waals surface area (Å²) in [5.74, 6) is 0.947. The topological polar surface area (TPSA) is 129 Å². The third-order valence-corrected chi connectivity index (χ3v) is 6.33. The van der Waals surface area contributed by atoms with E-state index in [-0.39, 0.29) is 34.1 Å². The molecule has 0 amide bonds.